The molecule has 2 rings (SSSR count). The van der Waals surface area contributed by atoms with Gasteiger partial charge in [0, 0.05) is 0 Å². The molecule has 0 saturated heterocycles. The lowest BCUT2D eigenvalue weighted by Gasteiger charge is -2.35. The van der Waals surface area contributed by atoms with Crippen molar-refractivity contribution < 1.29 is 10.2 Å². The van der Waals surface area contributed by atoms with Crippen molar-refractivity contribution in [1.29, 1.82) is 0 Å². The van der Waals surface area contributed by atoms with Crippen LogP contribution in [0, 0.1) is 17.3 Å². The Labute approximate surface area is 98.4 Å². The Kier molecular flexibility index (Phi) is 2.71. The van der Waals surface area contributed by atoms with E-state index in [1.807, 2.05) is 13.0 Å². The SMILES string of the molecule is CC1=C[C@H](O)C(C)(C)CC2[C@@H]1CCC2(C)O. The van der Waals surface area contributed by atoms with Crippen LogP contribution in [0.5, 0.6) is 0 Å². The summed E-state index contributed by atoms with van der Waals surface area (Å²) in [7, 11) is 0. The van der Waals surface area contributed by atoms with Crippen molar-refractivity contribution in [1.82, 2.24) is 0 Å². The molecular weight excluding hydrogens is 200 g/mol. The fourth-order valence-corrected chi connectivity index (χ4v) is 3.46. The predicted molar refractivity (Wildman–Crippen MR) is 65.0 cm³/mol. The predicted octanol–water partition coefficient (Wildman–Crippen LogP) is 2.50. The number of allylic oxidation sites excluding steroid dienone is 1. The van der Waals surface area contributed by atoms with Crippen LogP contribution in [-0.2, 0) is 0 Å². The van der Waals surface area contributed by atoms with Gasteiger partial charge in [-0.25, -0.2) is 0 Å². The largest absolute Gasteiger partial charge is 0.390 e. The maximum absolute atomic E-state index is 10.4. The minimum Gasteiger partial charge on any atom is -0.390 e. The molecule has 0 bridgehead atoms. The number of hydrogen-bond donors (Lipinski definition) is 2. The molecule has 1 saturated carbocycles. The highest BCUT2D eigenvalue weighted by Crippen LogP contribution is 2.51. The van der Waals surface area contributed by atoms with Crippen LogP contribution >= 0.6 is 0 Å². The third kappa shape index (κ3) is 1.82. The smallest absolute Gasteiger partial charge is 0.0774 e. The molecule has 1 fully saturated rings. The van der Waals surface area contributed by atoms with Gasteiger partial charge in [-0.3, -0.25) is 0 Å². The van der Waals surface area contributed by atoms with Crippen LogP contribution in [0.3, 0.4) is 0 Å². The molecule has 4 atom stereocenters. The van der Waals surface area contributed by atoms with Gasteiger partial charge in [-0.05, 0) is 50.4 Å². The van der Waals surface area contributed by atoms with Crippen molar-refractivity contribution in [2.75, 3.05) is 0 Å². The van der Waals surface area contributed by atoms with Crippen molar-refractivity contribution in [3.63, 3.8) is 0 Å². The first-order valence-corrected chi connectivity index (χ1v) is 6.33. The Morgan fingerprint density at radius 3 is 2.56 bits per heavy atom. The molecule has 92 valence electrons. The van der Waals surface area contributed by atoms with Gasteiger partial charge in [0.15, 0.2) is 0 Å². The zero-order chi connectivity index (χ0) is 12.1. The van der Waals surface area contributed by atoms with Crippen LogP contribution < -0.4 is 0 Å². The molecule has 0 heterocycles. The first-order valence-electron chi connectivity index (χ1n) is 6.33. The summed E-state index contributed by atoms with van der Waals surface area (Å²) in [4.78, 5) is 0. The maximum Gasteiger partial charge on any atom is 0.0774 e. The van der Waals surface area contributed by atoms with Crippen LogP contribution in [-0.4, -0.2) is 21.9 Å². The fraction of sp³-hybridized carbons (Fsp3) is 0.857. The second-order valence-corrected chi connectivity index (χ2v) is 6.66. The summed E-state index contributed by atoms with van der Waals surface area (Å²) in [6, 6.07) is 0. The van der Waals surface area contributed by atoms with Crippen molar-refractivity contribution in [2.45, 2.75) is 58.7 Å². The average molecular weight is 224 g/mol. The highest BCUT2D eigenvalue weighted by molar-refractivity contribution is 5.18. The lowest BCUT2D eigenvalue weighted by Crippen LogP contribution is -2.37. The zero-order valence-corrected chi connectivity index (χ0v) is 10.8. The molecular formula is C14H24O2. The summed E-state index contributed by atoms with van der Waals surface area (Å²) in [5.74, 6) is 0.766. The van der Waals surface area contributed by atoms with E-state index in [1.54, 1.807) is 0 Å². The maximum atomic E-state index is 10.4. The summed E-state index contributed by atoms with van der Waals surface area (Å²) < 4.78 is 0. The van der Waals surface area contributed by atoms with Gasteiger partial charge >= 0.3 is 0 Å². The summed E-state index contributed by atoms with van der Waals surface area (Å²) in [5.41, 5.74) is 0.580. The Bertz CT molecular complexity index is 315. The quantitative estimate of drug-likeness (QED) is 0.621. The number of rotatable bonds is 0. The molecule has 0 radical (unpaired) electrons. The van der Waals surface area contributed by atoms with E-state index >= 15 is 0 Å². The molecule has 16 heavy (non-hydrogen) atoms. The van der Waals surface area contributed by atoms with Gasteiger partial charge in [-0.1, -0.05) is 25.5 Å². The normalized spacial score (nSPS) is 47.1. The molecule has 2 nitrogen and oxygen atoms in total. The van der Waals surface area contributed by atoms with Crippen LogP contribution in [0.2, 0.25) is 0 Å². The third-order valence-corrected chi connectivity index (χ3v) is 4.80. The van der Waals surface area contributed by atoms with E-state index in [1.165, 1.54) is 5.57 Å². The van der Waals surface area contributed by atoms with Crippen molar-refractivity contribution in [2.24, 2.45) is 17.3 Å². The number of hydrogen-bond acceptors (Lipinski definition) is 2. The second kappa shape index (κ2) is 3.58. The first kappa shape index (κ1) is 12.1. The van der Waals surface area contributed by atoms with Gasteiger partial charge < -0.3 is 10.2 Å². The Hall–Kier alpha value is -0.340. The second-order valence-electron chi connectivity index (χ2n) is 6.66. The van der Waals surface area contributed by atoms with Crippen LogP contribution in [0.1, 0.15) is 47.0 Å². The Balaban J connectivity index is 2.37. The minimum atomic E-state index is -0.554. The van der Waals surface area contributed by atoms with E-state index in [9.17, 15) is 10.2 Å². The number of aliphatic hydroxyl groups is 2. The lowest BCUT2D eigenvalue weighted by molar-refractivity contribution is -0.0190. The van der Waals surface area contributed by atoms with Gasteiger partial charge in [-0.2, -0.15) is 0 Å². The average Bonchev–Trinajstić information content (AvgIpc) is 2.37. The lowest BCUT2D eigenvalue weighted by atomic mass is 9.73. The van der Waals surface area contributed by atoms with E-state index in [0.717, 1.165) is 19.3 Å². The van der Waals surface area contributed by atoms with Crippen LogP contribution in [0.15, 0.2) is 11.6 Å². The summed E-state index contributed by atoms with van der Waals surface area (Å²) in [6.45, 7) is 8.25. The summed E-state index contributed by atoms with van der Waals surface area (Å²) >= 11 is 0. The van der Waals surface area contributed by atoms with E-state index in [0.29, 0.717) is 11.8 Å². The highest BCUT2D eigenvalue weighted by atomic mass is 16.3. The molecule has 0 aromatic carbocycles. The molecule has 2 aliphatic rings. The van der Waals surface area contributed by atoms with E-state index in [-0.39, 0.29) is 11.5 Å². The molecule has 0 spiro atoms. The number of fused-ring (bicyclic) bond motifs is 1. The minimum absolute atomic E-state index is 0.130. The van der Waals surface area contributed by atoms with Gasteiger partial charge in [0.05, 0.1) is 11.7 Å². The number of aliphatic hydroxyl groups excluding tert-OH is 1. The van der Waals surface area contributed by atoms with Crippen LogP contribution in [0.4, 0.5) is 0 Å². The standard InChI is InChI=1S/C14H24O2/c1-9-7-12(15)13(2,3)8-11-10(9)5-6-14(11,4)16/h7,10-12,15-16H,5-6,8H2,1-4H3/t10-,11?,12+,14?/m1/s1. The molecule has 2 N–H and O–H groups in total. The molecule has 2 aliphatic carbocycles. The van der Waals surface area contributed by atoms with Gasteiger partial charge in [-0.15, -0.1) is 0 Å². The molecule has 0 aliphatic heterocycles. The van der Waals surface area contributed by atoms with Crippen molar-refractivity contribution in [3.05, 3.63) is 11.6 Å². The highest BCUT2D eigenvalue weighted by Gasteiger charge is 2.49. The molecule has 0 aromatic heterocycles. The van der Waals surface area contributed by atoms with Gasteiger partial charge in [0.1, 0.15) is 0 Å². The van der Waals surface area contributed by atoms with Crippen molar-refractivity contribution >= 4 is 0 Å². The molecule has 2 heteroatoms. The topological polar surface area (TPSA) is 40.5 Å². The zero-order valence-electron chi connectivity index (χ0n) is 10.8. The van der Waals surface area contributed by atoms with Crippen molar-refractivity contribution in [3.8, 4) is 0 Å². The molecule has 0 aromatic rings. The molecule has 0 amide bonds. The Morgan fingerprint density at radius 2 is 1.94 bits per heavy atom. The third-order valence-electron chi connectivity index (χ3n) is 4.80. The van der Waals surface area contributed by atoms with E-state index < -0.39 is 5.60 Å². The summed E-state index contributed by atoms with van der Waals surface area (Å²) in [5, 5.41) is 20.6. The fourth-order valence-electron chi connectivity index (χ4n) is 3.46. The molecule has 2 unspecified atom stereocenters. The van der Waals surface area contributed by atoms with E-state index in [2.05, 4.69) is 20.8 Å². The van der Waals surface area contributed by atoms with Crippen LogP contribution in [0.25, 0.3) is 0 Å². The first-order chi connectivity index (χ1) is 7.24. The summed E-state index contributed by atoms with van der Waals surface area (Å²) in [6.07, 6.45) is 4.47. The van der Waals surface area contributed by atoms with Gasteiger partial charge in [0.25, 0.3) is 0 Å². The van der Waals surface area contributed by atoms with E-state index in [4.69, 9.17) is 0 Å². The monoisotopic (exact) mass is 224 g/mol. The van der Waals surface area contributed by atoms with Gasteiger partial charge in [0.2, 0.25) is 0 Å². The Morgan fingerprint density at radius 1 is 1.31 bits per heavy atom.